The second kappa shape index (κ2) is 6.25. The fourth-order valence-corrected chi connectivity index (χ4v) is 3.19. The van der Waals surface area contributed by atoms with Gasteiger partial charge in [-0.2, -0.15) is 4.80 Å². The lowest BCUT2D eigenvalue weighted by Gasteiger charge is -2.27. The molecule has 0 spiro atoms. The number of hydrogen-bond donors (Lipinski definition) is 1. The molecular weight excluding hydrogens is 278 g/mol. The standard InChI is InChI=1S/C16H21N5O/c1-2-12-21-19-15(18-20-21)17-14(22)16(10-6-7-11-16)13-8-4-3-5-9-13/h3-5,8-9H,2,6-7,10-12H2,1H3,(H,17,19,22). The number of aryl methyl sites for hydroxylation is 1. The number of benzene rings is 1. The first-order chi connectivity index (χ1) is 10.7. The summed E-state index contributed by atoms with van der Waals surface area (Å²) in [5.74, 6) is 0.271. The molecule has 1 fully saturated rings. The number of rotatable bonds is 5. The number of hydrogen-bond acceptors (Lipinski definition) is 4. The van der Waals surface area contributed by atoms with Gasteiger partial charge in [0.15, 0.2) is 0 Å². The van der Waals surface area contributed by atoms with E-state index >= 15 is 0 Å². The molecule has 0 atom stereocenters. The molecule has 1 saturated carbocycles. The van der Waals surface area contributed by atoms with Crippen LogP contribution in [0.25, 0.3) is 0 Å². The topological polar surface area (TPSA) is 72.7 Å². The molecule has 1 aliphatic rings. The van der Waals surface area contributed by atoms with Crippen LogP contribution >= 0.6 is 0 Å². The average Bonchev–Trinajstić information content (AvgIpc) is 3.19. The Morgan fingerprint density at radius 1 is 1.27 bits per heavy atom. The van der Waals surface area contributed by atoms with Crippen LogP contribution in [0.5, 0.6) is 0 Å². The quantitative estimate of drug-likeness (QED) is 0.920. The predicted molar refractivity (Wildman–Crippen MR) is 83.3 cm³/mol. The van der Waals surface area contributed by atoms with Gasteiger partial charge in [-0.25, -0.2) is 0 Å². The maximum atomic E-state index is 12.9. The van der Waals surface area contributed by atoms with Crippen LogP contribution in [0.4, 0.5) is 5.95 Å². The smallest absolute Gasteiger partial charge is 0.270 e. The summed E-state index contributed by atoms with van der Waals surface area (Å²) in [6, 6.07) is 10.0. The minimum absolute atomic E-state index is 0.0211. The fourth-order valence-electron chi connectivity index (χ4n) is 3.19. The van der Waals surface area contributed by atoms with Crippen molar-refractivity contribution in [1.82, 2.24) is 20.2 Å². The largest absolute Gasteiger partial charge is 0.291 e. The van der Waals surface area contributed by atoms with E-state index in [4.69, 9.17) is 0 Å². The highest BCUT2D eigenvalue weighted by molar-refractivity contribution is 5.98. The maximum absolute atomic E-state index is 12.9. The monoisotopic (exact) mass is 299 g/mol. The van der Waals surface area contributed by atoms with Gasteiger partial charge in [-0.15, -0.1) is 5.10 Å². The Balaban J connectivity index is 1.81. The van der Waals surface area contributed by atoms with Gasteiger partial charge in [0.25, 0.3) is 5.95 Å². The van der Waals surface area contributed by atoms with Crippen molar-refractivity contribution in [2.45, 2.75) is 51.0 Å². The van der Waals surface area contributed by atoms with E-state index in [0.717, 1.165) is 37.7 Å². The molecule has 1 aliphatic carbocycles. The number of tetrazole rings is 1. The minimum atomic E-state index is -0.461. The molecule has 3 rings (SSSR count). The van der Waals surface area contributed by atoms with Crippen LogP contribution < -0.4 is 5.32 Å². The van der Waals surface area contributed by atoms with Gasteiger partial charge in [-0.1, -0.05) is 55.2 Å². The van der Waals surface area contributed by atoms with Gasteiger partial charge in [0, 0.05) is 0 Å². The SMILES string of the molecule is CCCn1nnc(NC(=O)C2(c3ccccc3)CCCC2)n1. The second-order valence-corrected chi connectivity index (χ2v) is 5.82. The van der Waals surface area contributed by atoms with Crippen molar-refractivity contribution in [3.63, 3.8) is 0 Å². The third-order valence-electron chi connectivity index (χ3n) is 4.32. The highest BCUT2D eigenvalue weighted by Crippen LogP contribution is 2.41. The van der Waals surface area contributed by atoms with Gasteiger partial charge >= 0.3 is 0 Å². The molecule has 1 aromatic carbocycles. The van der Waals surface area contributed by atoms with Crippen molar-refractivity contribution < 1.29 is 4.79 Å². The number of amides is 1. The third kappa shape index (κ3) is 2.73. The van der Waals surface area contributed by atoms with E-state index in [1.165, 1.54) is 4.80 Å². The number of nitrogens with one attached hydrogen (secondary N) is 1. The Morgan fingerprint density at radius 2 is 2.00 bits per heavy atom. The summed E-state index contributed by atoms with van der Waals surface area (Å²) in [6.45, 7) is 2.75. The number of carbonyl (C=O) groups is 1. The minimum Gasteiger partial charge on any atom is -0.291 e. The Hall–Kier alpha value is -2.24. The molecule has 6 nitrogen and oxygen atoms in total. The number of carbonyl (C=O) groups excluding carboxylic acids is 1. The number of aromatic nitrogens is 4. The summed E-state index contributed by atoms with van der Waals surface area (Å²) in [6.07, 6.45) is 4.80. The first-order valence-corrected chi connectivity index (χ1v) is 7.89. The van der Waals surface area contributed by atoms with Crippen LogP contribution in [0.1, 0.15) is 44.6 Å². The van der Waals surface area contributed by atoms with E-state index in [2.05, 4.69) is 20.7 Å². The zero-order valence-corrected chi connectivity index (χ0v) is 12.8. The van der Waals surface area contributed by atoms with Crippen LogP contribution in [0.2, 0.25) is 0 Å². The van der Waals surface area contributed by atoms with E-state index < -0.39 is 5.41 Å². The van der Waals surface area contributed by atoms with Crippen molar-refractivity contribution in [2.24, 2.45) is 0 Å². The summed E-state index contributed by atoms with van der Waals surface area (Å²) in [4.78, 5) is 14.4. The normalized spacial score (nSPS) is 16.6. The van der Waals surface area contributed by atoms with Crippen LogP contribution in [0, 0.1) is 0 Å². The molecular formula is C16H21N5O. The van der Waals surface area contributed by atoms with Crippen molar-refractivity contribution in [2.75, 3.05) is 5.32 Å². The van der Waals surface area contributed by atoms with Crippen molar-refractivity contribution >= 4 is 11.9 Å². The van der Waals surface area contributed by atoms with Gasteiger partial charge < -0.3 is 0 Å². The van der Waals surface area contributed by atoms with Crippen molar-refractivity contribution in [3.8, 4) is 0 Å². The van der Waals surface area contributed by atoms with Gasteiger partial charge in [0.05, 0.1) is 12.0 Å². The van der Waals surface area contributed by atoms with Gasteiger partial charge in [0.1, 0.15) is 0 Å². The highest BCUT2D eigenvalue weighted by Gasteiger charge is 2.43. The summed E-state index contributed by atoms with van der Waals surface area (Å²) in [5, 5.41) is 14.9. The lowest BCUT2D eigenvalue weighted by atomic mass is 9.78. The van der Waals surface area contributed by atoms with Gasteiger partial charge in [0.2, 0.25) is 5.91 Å². The summed E-state index contributed by atoms with van der Waals surface area (Å²) in [5.41, 5.74) is 0.614. The zero-order chi connectivity index (χ0) is 15.4. The lowest BCUT2D eigenvalue weighted by Crippen LogP contribution is -2.38. The van der Waals surface area contributed by atoms with Crippen LogP contribution in [-0.2, 0) is 16.8 Å². The zero-order valence-electron chi connectivity index (χ0n) is 12.8. The molecule has 0 unspecified atom stereocenters. The highest BCUT2D eigenvalue weighted by atomic mass is 16.2. The fraction of sp³-hybridized carbons (Fsp3) is 0.500. The molecule has 1 aromatic heterocycles. The summed E-state index contributed by atoms with van der Waals surface area (Å²) < 4.78 is 0. The molecule has 6 heteroatoms. The van der Waals surface area contributed by atoms with E-state index in [9.17, 15) is 4.79 Å². The van der Waals surface area contributed by atoms with E-state index in [0.29, 0.717) is 12.5 Å². The first-order valence-electron chi connectivity index (χ1n) is 7.89. The molecule has 0 radical (unpaired) electrons. The molecule has 2 aromatic rings. The Kier molecular flexibility index (Phi) is 4.18. The van der Waals surface area contributed by atoms with Crippen molar-refractivity contribution in [1.29, 1.82) is 0 Å². The molecule has 22 heavy (non-hydrogen) atoms. The lowest BCUT2D eigenvalue weighted by molar-refractivity contribution is -0.121. The van der Waals surface area contributed by atoms with E-state index in [1.807, 2.05) is 37.3 Å². The summed E-state index contributed by atoms with van der Waals surface area (Å²) in [7, 11) is 0. The Bertz CT molecular complexity index is 631. The van der Waals surface area contributed by atoms with E-state index in [-0.39, 0.29) is 5.91 Å². The van der Waals surface area contributed by atoms with Crippen LogP contribution in [0.15, 0.2) is 30.3 Å². The molecule has 1 heterocycles. The second-order valence-electron chi connectivity index (χ2n) is 5.82. The first kappa shape index (κ1) is 14.7. The maximum Gasteiger partial charge on any atom is 0.270 e. The van der Waals surface area contributed by atoms with Gasteiger partial charge in [-0.3, -0.25) is 10.1 Å². The average molecular weight is 299 g/mol. The Morgan fingerprint density at radius 3 is 2.68 bits per heavy atom. The molecule has 1 amide bonds. The number of nitrogens with zero attached hydrogens (tertiary/aromatic N) is 4. The number of anilines is 1. The van der Waals surface area contributed by atoms with Crippen LogP contribution in [-0.4, -0.2) is 26.1 Å². The molecule has 0 bridgehead atoms. The molecule has 0 aliphatic heterocycles. The van der Waals surface area contributed by atoms with E-state index in [1.54, 1.807) is 0 Å². The molecule has 1 N–H and O–H groups in total. The Labute approximate surface area is 129 Å². The molecule has 116 valence electrons. The van der Waals surface area contributed by atoms with Gasteiger partial charge in [-0.05, 0) is 30.0 Å². The third-order valence-corrected chi connectivity index (χ3v) is 4.32. The molecule has 0 saturated heterocycles. The predicted octanol–water partition coefficient (Wildman–Crippen LogP) is 2.53. The van der Waals surface area contributed by atoms with Crippen molar-refractivity contribution in [3.05, 3.63) is 35.9 Å². The van der Waals surface area contributed by atoms with Crippen LogP contribution in [0.3, 0.4) is 0 Å². The summed E-state index contributed by atoms with van der Waals surface area (Å²) >= 11 is 0.